The zero-order valence-corrected chi connectivity index (χ0v) is 7.21. The molecule has 0 heterocycles. The van der Waals surface area contributed by atoms with E-state index in [0.717, 1.165) is 6.07 Å². The molecule has 12 heavy (non-hydrogen) atoms. The molecule has 0 bridgehead atoms. The van der Waals surface area contributed by atoms with Crippen LogP contribution in [0.1, 0.15) is 5.56 Å². The molecular formula is C9H6F2S. The maximum Gasteiger partial charge on any atom is 0.142 e. The van der Waals surface area contributed by atoms with E-state index in [1.807, 2.05) is 0 Å². The molecule has 0 aliphatic heterocycles. The molecule has 1 aromatic carbocycles. The number of hydrogen-bond donors (Lipinski definition) is 0. The summed E-state index contributed by atoms with van der Waals surface area (Å²) in [6.07, 6.45) is 6.77. The smallest absolute Gasteiger partial charge is 0.142 e. The highest BCUT2D eigenvalue weighted by Gasteiger charge is 2.07. The molecule has 3 heteroatoms. The number of rotatable bonds is 1. The van der Waals surface area contributed by atoms with Gasteiger partial charge in [0.1, 0.15) is 11.6 Å². The SMILES string of the molecule is C#Cc1c(F)cc(F)cc1SC. The second-order valence-electron chi connectivity index (χ2n) is 2.11. The molecule has 0 radical (unpaired) electrons. The van der Waals surface area contributed by atoms with Gasteiger partial charge in [-0.2, -0.15) is 0 Å². The number of hydrogen-bond acceptors (Lipinski definition) is 1. The lowest BCUT2D eigenvalue weighted by Crippen LogP contribution is -1.89. The van der Waals surface area contributed by atoms with Crippen molar-refractivity contribution in [2.45, 2.75) is 4.90 Å². The fourth-order valence-electron chi connectivity index (χ4n) is 0.851. The van der Waals surface area contributed by atoms with Crippen molar-refractivity contribution in [3.63, 3.8) is 0 Å². The molecule has 0 atom stereocenters. The Morgan fingerprint density at radius 3 is 2.58 bits per heavy atom. The van der Waals surface area contributed by atoms with Crippen molar-refractivity contribution in [1.82, 2.24) is 0 Å². The number of benzene rings is 1. The lowest BCUT2D eigenvalue weighted by Gasteiger charge is -2.01. The van der Waals surface area contributed by atoms with E-state index in [1.165, 1.54) is 17.8 Å². The van der Waals surface area contributed by atoms with E-state index in [-0.39, 0.29) is 5.56 Å². The summed E-state index contributed by atoms with van der Waals surface area (Å²) >= 11 is 1.23. The lowest BCUT2D eigenvalue weighted by molar-refractivity contribution is 0.575. The zero-order chi connectivity index (χ0) is 9.14. The van der Waals surface area contributed by atoms with E-state index in [0.29, 0.717) is 4.90 Å². The van der Waals surface area contributed by atoms with Crippen LogP contribution in [0.3, 0.4) is 0 Å². The van der Waals surface area contributed by atoms with Gasteiger partial charge in [-0.25, -0.2) is 8.78 Å². The fraction of sp³-hybridized carbons (Fsp3) is 0.111. The van der Waals surface area contributed by atoms with Crippen LogP contribution in [0.15, 0.2) is 17.0 Å². The summed E-state index contributed by atoms with van der Waals surface area (Å²) < 4.78 is 25.5. The van der Waals surface area contributed by atoms with Gasteiger partial charge in [0, 0.05) is 11.0 Å². The van der Waals surface area contributed by atoms with E-state index in [2.05, 4.69) is 5.92 Å². The number of thioether (sulfide) groups is 1. The summed E-state index contributed by atoms with van der Waals surface area (Å²) in [4.78, 5) is 0.454. The molecule has 62 valence electrons. The summed E-state index contributed by atoms with van der Waals surface area (Å²) in [5.74, 6) is 0.900. The van der Waals surface area contributed by atoms with Gasteiger partial charge in [-0.3, -0.25) is 0 Å². The van der Waals surface area contributed by atoms with Crippen LogP contribution in [-0.2, 0) is 0 Å². The quantitative estimate of drug-likeness (QED) is 0.477. The van der Waals surface area contributed by atoms with Gasteiger partial charge in [0.05, 0.1) is 5.56 Å². The summed E-state index contributed by atoms with van der Waals surface area (Å²) in [7, 11) is 0. The number of terminal acetylenes is 1. The van der Waals surface area contributed by atoms with Crippen LogP contribution in [0.5, 0.6) is 0 Å². The summed E-state index contributed by atoms with van der Waals surface area (Å²) in [6, 6.07) is 2.01. The highest BCUT2D eigenvalue weighted by atomic mass is 32.2. The largest absolute Gasteiger partial charge is 0.207 e. The Labute approximate surface area is 74.0 Å². The minimum atomic E-state index is -0.679. The van der Waals surface area contributed by atoms with Crippen molar-refractivity contribution in [3.05, 3.63) is 29.3 Å². The van der Waals surface area contributed by atoms with Gasteiger partial charge < -0.3 is 0 Å². The van der Waals surface area contributed by atoms with Crippen LogP contribution in [-0.4, -0.2) is 6.26 Å². The average molecular weight is 184 g/mol. The van der Waals surface area contributed by atoms with Crippen LogP contribution >= 0.6 is 11.8 Å². The second-order valence-corrected chi connectivity index (χ2v) is 2.96. The van der Waals surface area contributed by atoms with E-state index >= 15 is 0 Å². The van der Waals surface area contributed by atoms with E-state index in [4.69, 9.17) is 6.42 Å². The molecule has 0 amide bonds. The molecule has 1 rings (SSSR count). The molecule has 0 nitrogen and oxygen atoms in total. The zero-order valence-electron chi connectivity index (χ0n) is 6.40. The Bertz CT molecular complexity index is 339. The maximum atomic E-state index is 12.9. The molecule has 0 unspecified atom stereocenters. The summed E-state index contributed by atoms with van der Waals surface area (Å²) in [5.41, 5.74) is 0.129. The van der Waals surface area contributed by atoms with Gasteiger partial charge in [-0.05, 0) is 12.3 Å². The molecular weight excluding hydrogens is 178 g/mol. The molecule has 0 saturated carbocycles. The van der Waals surface area contributed by atoms with Crippen LogP contribution in [0.25, 0.3) is 0 Å². The Kier molecular flexibility index (Phi) is 2.72. The first-order valence-electron chi connectivity index (χ1n) is 3.18. The van der Waals surface area contributed by atoms with E-state index in [1.54, 1.807) is 6.26 Å². The minimum absolute atomic E-state index is 0.129. The van der Waals surface area contributed by atoms with Crippen LogP contribution in [0.2, 0.25) is 0 Å². The third-order valence-corrected chi connectivity index (χ3v) is 2.14. The highest BCUT2D eigenvalue weighted by Crippen LogP contribution is 2.23. The Morgan fingerprint density at radius 1 is 1.42 bits per heavy atom. The van der Waals surface area contributed by atoms with Crippen molar-refractivity contribution < 1.29 is 8.78 Å². The summed E-state index contributed by atoms with van der Waals surface area (Å²) in [5, 5.41) is 0. The predicted molar refractivity (Wildman–Crippen MR) is 46.1 cm³/mol. The average Bonchev–Trinajstić information content (AvgIpc) is 2.03. The highest BCUT2D eigenvalue weighted by molar-refractivity contribution is 7.98. The topological polar surface area (TPSA) is 0 Å². The maximum absolute atomic E-state index is 12.9. The minimum Gasteiger partial charge on any atom is -0.207 e. The fourth-order valence-corrected chi connectivity index (χ4v) is 1.44. The second kappa shape index (κ2) is 3.59. The molecule has 0 N–H and O–H groups in total. The normalized spacial score (nSPS) is 9.50. The molecule has 0 aliphatic carbocycles. The van der Waals surface area contributed by atoms with Crippen molar-refractivity contribution in [3.8, 4) is 12.3 Å². The molecule has 0 fully saturated rings. The molecule has 0 spiro atoms. The van der Waals surface area contributed by atoms with Gasteiger partial charge in [-0.1, -0.05) is 5.92 Å². The van der Waals surface area contributed by atoms with Crippen LogP contribution < -0.4 is 0 Å². The van der Waals surface area contributed by atoms with E-state index < -0.39 is 11.6 Å². The van der Waals surface area contributed by atoms with E-state index in [9.17, 15) is 8.78 Å². The van der Waals surface area contributed by atoms with Crippen LogP contribution in [0.4, 0.5) is 8.78 Å². The summed E-state index contributed by atoms with van der Waals surface area (Å²) in [6.45, 7) is 0. The van der Waals surface area contributed by atoms with Gasteiger partial charge in [0.15, 0.2) is 0 Å². The Hall–Kier alpha value is -1.01. The monoisotopic (exact) mass is 184 g/mol. The molecule has 0 aliphatic rings. The van der Waals surface area contributed by atoms with Crippen molar-refractivity contribution in [2.75, 3.05) is 6.26 Å². The third kappa shape index (κ3) is 1.59. The molecule has 0 aromatic heterocycles. The Morgan fingerprint density at radius 2 is 2.08 bits per heavy atom. The van der Waals surface area contributed by atoms with Gasteiger partial charge in [-0.15, -0.1) is 18.2 Å². The molecule has 0 saturated heterocycles. The van der Waals surface area contributed by atoms with Gasteiger partial charge in [0.2, 0.25) is 0 Å². The van der Waals surface area contributed by atoms with Crippen LogP contribution in [0, 0.1) is 24.0 Å². The predicted octanol–water partition coefficient (Wildman–Crippen LogP) is 2.67. The standard InChI is InChI=1S/C9H6F2S/c1-3-7-8(11)4-6(10)5-9(7)12-2/h1,4-5H,2H3. The Balaban J connectivity index is 3.36. The van der Waals surface area contributed by atoms with Crippen molar-refractivity contribution in [2.24, 2.45) is 0 Å². The first-order valence-corrected chi connectivity index (χ1v) is 4.41. The first kappa shape index (κ1) is 9.08. The first-order chi connectivity index (χ1) is 5.69. The third-order valence-electron chi connectivity index (χ3n) is 1.38. The van der Waals surface area contributed by atoms with Crippen molar-refractivity contribution in [1.29, 1.82) is 0 Å². The molecule has 1 aromatic rings. The number of halogens is 2. The van der Waals surface area contributed by atoms with Crippen molar-refractivity contribution >= 4 is 11.8 Å². The van der Waals surface area contributed by atoms with Gasteiger partial charge in [0.25, 0.3) is 0 Å². The van der Waals surface area contributed by atoms with Gasteiger partial charge >= 0.3 is 0 Å². The lowest BCUT2D eigenvalue weighted by atomic mass is 10.2.